The zero-order valence-corrected chi connectivity index (χ0v) is 6.73. The van der Waals surface area contributed by atoms with Gasteiger partial charge in [-0.15, -0.1) is 0 Å². The van der Waals surface area contributed by atoms with Gasteiger partial charge in [-0.05, 0) is 19.6 Å². The fourth-order valence-electron chi connectivity index (χ4n) is 0.702. The number of aliphatic carboxylic acids is 2. The highest BCUT2D eigenvalue weighted by Crippen LogP contribution is 2.01. The Labute approximate surface area is 69.7 Å². The SMILES string of the molecule is C/C=N\C(CCC(=O)O)C(=O)O. The van der Waals surface area contributed by atoms with Gasteiger partial charge in [0.15, 0.2) is 0 Å². The molecule has 0 heterocycles. The molecule has 1 unspecified atom stereocenters. The minimum Gasteiger partial charge on any atom is -0.481 e. The molecule has 0 saturated heterocycles. The molecule has 0 saturated carbocycles. The van der Waals surface area contributed by atoms with Gasteiger partial charge in [-0.2, -0.15) is 0 Å². The van der Waals surface area contributed by atoms with Crippen LogP contribution in [0.2, 0.25) is 0 Å². The average Bonchev–Trinajstić information content (AvgIpc) is 1.96. The molecule has 0 amide bonds. The van der Waals surface area contributed by atoms with Crippen molar-refractivity contribution in [3.05, 3.63) is 0 Å². The molecule has 68 valence electrons. The Kier molecular flexibility index (Phi) is 4.67. The van der Waals surface area contributed by atoms with Crippen LogP contribution in [-0.4, -0.2) is 34.4 Å². The molecule has 0 bridgehead atoms. The molecule has 0 aromatic carbocycles. The van der Waals surface area contributed by atoms with Crippen molar-refractivity contribution in [1.82, 2.24) is 0 Å². The van der Waals surface area contributed by atoms with E-state index >= 15 is 0 Å². The van der Waals surface area contributed by atoms with Gasteiger partial charge in [0.25, 0.3) is 0 Å². The summed E-state index contributed by atoms with van der Waals surface area (Å²) in [5.41, 5.74) is 0. The van der Waals surface area contributed by atoms with Gasteiger partial charge in [0.05, 0.1) is 0 Å². The van der Waals surface area contributed by atoms with Gasteiger partial charge in [-0.3, -0.25) is 9.79 Å². The van der Waals surface area contributed by atoms with Crippen molar-refractivity contribution >= 4 is 18.2 Å². The van der Waals surface area contributed by atoms with Gasteiger partial charge in [0.1, 0.15) is 6.04 Å². The topological polar surface area (TPSA) is 87.0 Å². The summed E-state index contributed by atoms with van der Waals surface area (Å²) in [5, 5.41) is 16.8. The first-order valence-electron chi connectivity index (χ1n) is 3.50. The van der Waals surface area contributed by atoms with Gasteiger partial charge in [0, 0.05) is 6.42 Å². The van der Waals surface area contributed by atoms with Crippen LogP contribution in [-0.2, 0) is 9.59 Å². The van der Waals surface area contributed by atoms with Crippen molar-refractivity contribution in [1.29, 1.82) is 0 Å². The van der Waals surface area contributed by atoms with E-state index in [-0.39, 0.29) is 12.8 Å². The Bertz CT molecular complexity index is 200. The molecule has 0 rings (SSSR count). The predicted octanol–water partition coefficient (Wildman–Crippen LogP) is 0.395. The van der Waals surface area contributed by atoms with E-state index in [9.17, 15) is 9.59 Å². The van der Waals surface area contributed by atoms with Crippen LogP contribution in [0.25, 0.3) is 0 Å². The summed E-state index contributed by atoms with van der Waals surface area (Å²) in [4.78, 5) is 24.1. The number of carbonyl (C=O) groups is 2. The average molecular weight is 173 g/mol. The molecular weight excluding hydrogens is 162 g/mol. The van der Waals surface area contributed by atoms with Crippen LogP contribution in [0, 0.1) is 0 Å². The van der Waals surface area contributed by atoms with E-state index in [2.05, 4.69) is 4.99 Å². The van der Waals surface area contributed by atoms with Crippen molar-refractivity contribution in [2.24, 2.45) is 4.99 Å². The predicted molar refractivity (Wildman–Crippen MR) is 42.5 cm³/mol. The normalized spacial score (nSPS) is 13.1. The lowest BCUT2D eigenvalue weighted by Crippen LogP contribution is -2.19. The maximum atomic E-state index is 10.4. The molecule has 0 aliphatic heterocycles. The number of nitrogens with zero attached hydrogens (tertiary/aromatic N) is 1. The maximum absolute atomic E-state index is 10.4. The number of aliphatic imine (C=N–C) groups is 1. The van der Waals surface area contributed by atoms with Crippen molar-refractivity contribution in [2.45, 2.75) is 25.8 Å². The Morgan fingerprint density at radius 1 is 1.50 bits per heavy atom. The van der Waals surface area contributed by atoms with E-state index in [1.54, 1.807) is 6.92 Å². The molecule has 0 aliphatic rings. The quantitative estimate of drug-likeness (QED) is 0.589. The molecule has 12 heavy (non-hydrogen) atoms. The third kappa shape index (κ3) is 4.43. The molecule has 0 spiro atoms. The van der Waals surface area contributed by atoms with Gasteiger partial charge < -0.3 is 10.2 Å². The molecule has 2 N–H and O–H groups in total. The summed E-state index contributed by atoms with van der Waals surface area (Å²) >= 11 is 0. The summed E-state index contributed by atoms with van der Waals surface area (Å²) in [7, 11) is 0. The molecule has 1 atom stereocenters. The largest absolute Gasteiger partial charge is 0.481 e. The molecule has 0 fully saturated rings. The van der Waals surface area contributed by atoms with E-state index in [1.165, 1.54) is 6.21 Å². The molecule has 0 aromatic rings. The first kappa shape index (κ1) is 10.6. The second-order valence-electron chi connectivity index (χ2n) is 2.19. The number of hydrogen-bond donors (Lipinski definition) is 2. The number of carboxylic acid groups (broad SMARTS) is 2. The third-order valence-corrected chi connectivity index (χ3v) is 1.25. The van der Waals surface area contributed by atoms with Crippen molar-refractivity contribution in [3.63, 3.8) is 0 Å². The van der Waals surface area contributed by atoms with Gasteiger partial charge in [0.2, 0.25) is 0 Å². The third-order valence-electron chi connectivity index (χ3n) is 1.25. The Hall–Kier alpha value is -1.39. The smallest absolute Gasteiger partial charge is 0.328 e. The van der Waals surface area contributed by atoms with Gasteiger partial charge in [-0.25, -0.2) is 4.79 Å². The van der Waals surface area contributed by atoms with E-state index in [1.807, 2.05) is 0 Å². The molecule has 5 heteroatoms. The monoisotopic (exact) mass is 173 g/mol. The van der Waals surface area contributed by atoms with Crippen LogP contribution in [0.3, 0.4) is 0 Å². The first-order chi connectivity index (χ1) is 5.57. The Balaban J connectivity index is 3.96. The second-order valence-corrected chi connectivity index (χ2v) is 2.19. The number of hydrogen-bond acceptors (Lipinski definition) is 3. The van der Waals surface area contributed by atoms with E-state index in [0.29, 0.717) is 0 Å². The van der Waals surface area contributed by atoms with Crippen molar-refractivity contribution in [3.8, 4) is 0 Å². The lowest BCUT2D eigenvalue weighted by atomic mass is 10.2. The number of carboxylic acids is 2. The highest BCUT2D eigenvalue weighted by Gasteiger charge is 2.15. The fraction of sp³-hybridized carbons (Fsp3) is 0.571. The zero-order valence-electron chi connectivity index (χ0n) is 6.73. The summed E-state index contributed by atoms with van der Waals surface area (Å²) in [6.07, 6.45) is 1.23. The molecule has 0 aromatic heterocycles. The molecule has 0 aliphatic carbocycles. The molecular formula is C7H11NO4. The van der Waals surface area contributed by atoms with Crippen molar-refractivity contribution < 1.29 is 19.8 Å². The standard InChI is InChI=1S/C7H11NO4/c1-2-8-5(7(11)12)3-4-6(9)10/h2,5H,3-4H2,1H3,(H,9,10)(H,11,12)/b8-2-. The van der Waals surface area contributed by atoms with Gasteiger partial charge in [-0.1, -0.05) is 0 Å². The second kappa shape index (κ2) is 5.29. The minimum atomic E-state index is -1.09. The zero-order chi connectivity index (χ0) is 9.56. The van der Waals surface area contributed by atoms with Crippen LogP contribution in [0.4, 0.5) is 0 Å². The maximum Gasteiger partial charge on any atom is 0.328 e. The van der Waals surface area contributed by atoms with Crippen LogP contribution in [0.15, 0.2) is 4.99 Å². The Morgan fingerprint density at radius 3 is 2.42 bits per heavy atom. The van der Waals surface area contributed by atoms with Crippen molar-refractivity contribution in [2.75, 3.05) is 0 Å². The molecule has 5 nitrogen and oxygen atoms in total. The van der Waals surface area contributed by atoms with Crippen LogP contribution < -0.4 is 0 Å². The summed E-state index contributed by atoms with van der Waals surface area (Å²) < 4.78 is 0. The highest BCUT2D eigenvalue weighted by atomic mass is 16.4. The fourth-order valence-corrected chi connectivity index (χ4v) is 0.702. The summed E-state index contributed by atoms with van der Waals surface area (Å²) in [6, 6.07) is -0.925. The lowest BCUT2D eigenvalue weighted by Gasteiger charge is -2.03. The first-order valence-corrected chi connectivity index (χ1v) is 3.50. The van der Waals surface area contributed by atoms with Crippen LogP contribution in [0.5, 0.6) is 0 Å². The highest BCUT2D eigenvalue weighted by molar-refractivity contribution is 5.76. The van der Waals surface area contributed by atoms with Crippen LogP contribution in [0.1, 0.15) is 19.8 Å². The Morgan fingerprint density at radius 2 is 2.08 bits per heavy atom. The summed E-state index contributed by atoms with van der Waals surface area (Å²) in [6.45, 7) is 1.59. The molecule has 0 radical (unpaired) electrons. The number of rotatable bonds is 5. The summed E-state index contributed by atoms with van der Waals surface area (Å²) in [5.74, 6) is -2.10. The minimum absolute atomic E-state index is 0.0367. The van der Waals surface area contributed by atoms with E-state index in [4.69, 9.17) is 10.2 Å². The van der Waals surface area contributed by atoms with Gasteiger partial charge >= 0.3 is 11.9 Å². The lowest BCUT2D eigenvalue weighted by molar-refractivity contribution is -0.139. The van der Waals surface area contributed by atoms with E-state index in [0.717, 1.165) is 0 Å². The van der Waals surface area contributed by atoms with E-state index < -0.39 is 18.0 Å². The van der Waals surface area contributed by atoms with Crippen LogP contribution >= 0.6 is 0 Å².